The number of aryl methyl sites for hydroxylation is 1. The van der Waals surface area contributed by atoms with Gasteiger partial charge in [0.05, 0.1) is 11.7 Å². The van der Waals surface area contributed by atoms with E-state index in [0.717, 1.165) is 30.5 Å². The lowest BCUT2D eigenvalue weighted by atomic mass is 9.86. The van der Waals surface area contributed by atoms with Crippen LogP contribution >= 0.6 is 0 Å². The van der Waals surface area contributed by atoms with Crippen LogP contribution in [0.3, 0.4) is 0 Å². The van der Waals surface area contributed by atoms with Crippen LogP contribution in [0.1, 0.15) is 68.7 Å². The average molecular weight is 318 g/mol. The van der Waals surface area contributed by atoms with Gasteiger partial charge in [-0.05, 0) is 43.6 Å². The van der Waals surface area contributed by atoms with Crippen LogP contribution < -0.4 is 11.1 Å². The highest BCUT2D eigenvalue weighted by Gasteiger charge is 2.26. The average Bonchev–Trinajstić information content (AvgIpc) is 2.91. The molecule has 0 spiro atoms. The molecule has 3 rings (SSSR count). The molecule has 2 amide bonds. The molecule has 126 valence electrons. The number of nitrogens with zero attached hydrogens (tertiary/aromatic N) is 2. The van der Waals surface area contributed by atoms with Crippen LogP contribution in [-0.2, 0) is 22.6 Å². The van der Waals surface area contributed by atoms with Crippen molar-refractivity contribution >= 4 is 11.8 Å². The molecule has 1 fully saturated rings. The largest absolute Gasteiger partial charge is 0.368 e. The number of carbonyl (C=O) groups is 2. The molecule has 1 heterocycles. The summed E-state index contributed by atoms with van der Waals surface area (Å²) in [5.74, 6) is 0.279. The number of primary amides is 1. The molecule has 0 saturated heterocycles. The summed E-state index contributed by atoms with van der Waals surface area (Å²) in [6, 6.07) is -0.0241. The first-order valence-electron chi connectivity index (χ1n) is 8.75. The molecule has 0 aliphatic heterocycles. The number of rotatable bonds is 5. The van der Waals surface area contributed by atoms with E-state index in [-0.39, 0.29) is 18.5 Å². The molecule has 0 radical (unpaired) electrons. The smallest absolute Gasteiger partial charge is 0.239 e. The van der Waals surface area contributed by atoms with Crippen LogP contribution in [0.15, 0.2) is 6.20 Å². The van der Waals surface area contributed by atoms with Crippen LogP contribution in [0.4, 0.5) is 0 Å². The Morgan fingerprint density at radius 2 is 2.00 bits per heavy atom. The molecule has 0 aromatic carbocycles. The van der Waals surface area contributed by atoms with Crippen LogP contribution in [0, 0.1) is 5.92 Å². The van der Waals surface area contributed by atoms with E-state index in [0.29, 0.717) is 12.3 Å². The van der Waals surface area contributed by atoms with Crippen LogP contribution in [-0.4, -0.2) is 21.6 Å². The number of carbonyl (C=O) groups excluding carboxylic acids is 2. The molecule has 2 aliphatic rings. The van der Waals surface area contributed by atoms with E-state index in [1.807, 2.05) is 6.20 Å². The number of nitrogens with one attached hydrogen (secondary N) is 1. The van der Waals surface area contributed by atoms with Gasteiger partial charge in [0, 0.05) is 12.6 Å². The zero-order valence-corrected chi connectivity index (χ0v) is 13.6. The summed E-state index contributed by atoms with van der Waals surface area (Å²) in [6.45, 7) is 0.0930. The third-order valence-corrected chi connectivity index (χ3v) is 4.99. The van der Waals surface area contributed by atoms with Gasteiger partial charge in [-0.25, -0.2) is 0 Å². The normalized spacial score (nSPS) is 21.7. The molecule has 1 saturated carbocycles. The lowest BCUT2D eigenvalue weighted by Gasteiger charge is -2.25. The first kappa shape index (κ1) is 16.0. The van der Waals surface area contributed by atoms with Gasteiger partial charge in [0.1, 0.15) is 6.54 Å². The topological polar surface area (TPSA) is 90.0 Å². The minimum absolute atomic E-state index is 0.0241. The molecule has 6 heteroatoms. The molecular weight excluding hydrogens is 292 g/mol. The van der Waals surface area contributed by atoms with Crippen molar-refractivity contribution in [2.75, 3.05) is 0 Å². The summed E-state index contributed by atoms with van der Waals surface area (Å²) in [5, 5.41) is 7.63. The number of hydrogen-bond acceptors (Lipinski definition) is 3. The van der Waals surface area contributed by atoms with E-state index in [9.17, 15) is 9.59 Å². The molecular formula is C17H26N4O2. The number of amides is 2. The van der Waals surface area contributed by atoms with Crippen molar-refractivity contribution in [1.82, 2.24) is 15.1 Å². The number of hydrogen-bond donors (Lipinski definition) is 2. The molecule has 2 aliphatic carbocycles. The molecule has 0 unspecified atom stereocenters. The van der Waals surface area contributed by atoms with Crippen molar-refractivity contribution < 1.29 is 9.59 Å². The third-order valence-electron chi connectivity index (χ3n) is 4.99. The standard InChI is InChI=1S/C17H26N4O2/c18-15(22)11-21-10-13-7-4-8-14(17(13)20-21)19-16(23)9-12-5-2-1-3-6-12/h10,12,14H,1-9,11H2,(H2,18,22)(H,19,23)/t14-/m1/s1. The first-order chi connectivity index (χ1) is 11.1. The van der Waals surface area contributed by atoms with Gasteiger partial charge in [-0.2, -0.15) is 5.10 Å². The fourth-order valence-corrected chi connectivity index (χ4v) is 3.88. The zero-order chi connectivity index (χ0) is 16.2. The van der Waals surface area contributed by atoms with Crippen molar-refractivity contribution in [3.63, 3.8) is 0 Å². The summed E-state index contributed by atoms with van der Waals surface area (Å²) in [6.07, 6.45) is 11.6. The highest BCUT2D eigenvalue weighted by Crippen LogP contribution is 2.30. The summed E-state index contributed by atoms with van der Waals surface area (Å²) >= 11 is 0. The monoisotopic (exact) mass is 318 g/mol. The summed E-state index contributed by atoms with van der Waals surface area (Å²) in [5.41, 5.74) is 7.27. The van der Waals surface area contributed by atoms with Gasteiger partial charge in [0.2, 0.25) is 11.8 Å². The molecule has 1 aromatic rings. The predicted molar refractivity (Wildman–Crippen MR) is 86.4 cm³/mol. The van der Waals surface area contributed by atoms with E-state index in [1.165, 1.54) is 32.1 Å². The lowest BCUT2D eigenvalue weighted by Crippen LogP contribution is -2.32. The van der Waals surface area contributed by atoms with Crippen molar-refractivity contribution in [2.45, 2.75) is 70.4 Å². The van der Waals surface area contributed by atoms with E-state index in [1.54, 1.807) is 4.68 Å². The van der Waals surface area contributed by atoms with Gasteiger partial charge >= 0.3 is 0 Å². The first-order valence-corrected chi connectivity index (χ1v) is 8.75. The van der Waals surface area contributed by atoms with Gasteiger partial charge < -0.3 is 11.1 Å². The van der Waals surface area contributed by atoms with Crippen LogP contribution in [0.5, 0.6) is 0 Å². The minimum atomic E-state index is -0.400. The lowest BCUT2D eigenvalue weighted by molar-refractivity contribution is -0.123. The Bertz CT molecular complexity index is 575. The van der Waals surface area contributed by atoms with E-state index >= 15 is 0 Å². The maximum atomic E-state index is 12.4. The Labute approximate surface area is 136 Å². The van der Waals surface area contributed by atoms with Crippen molar-refractivity contribution in [1.29, 1.82) is 0 Å². The summed E-state index contributed by atoms with van der Waals surface area (Å²) in [4.78, 5) is 23.4. The van der Waals surface area contributed by atoms with Gasteiger partial charge in [0.25, 0.3) is 0 Å². The summed E-state index contributed by atoms with van der Waals surface area (Å²) in [7, 11) is 0. The number of aromatic nitrogens is 2. The third kappa shape index (κ3) is 4.12. The molecule has 1 aromatic heterocycles. The van der Waals surface area contributed by atoms with Crippen LogP contribution in [0.2, 0.25) is 0 Å². The second-order valence-electron chi connectivity index (χ2n) is 6.92. The quantitative estimate of drug-likeness (QED) is 0.868. The Balaban J connectivity index is 1.61. The Morgan fingerprint density at radius 1 is 1.22 bits per heavy atom. The molecule has 6 nitrogen and oxygen atoms in total. The zero-order valence-electron chi connectivity index (χ0n) is 13.6. The van der Waals surface area contributed by atoms with Gasteiger partial charge in [-0.1, -0.05) is 19.3 Å². The van der Waals surface area contributed by atoms with Crippen molar-refractivity contribution in [3.8, 4) is 0 Å². The van der Waals surface area contributed by atoms with E-state index < -0.39 is 5.91 Å². The van der Waals surface area contributed by atoms with E-state index in [4.69, 9.17) is 5.73 Å². The Hall–Kier alpha value is -1.85. The fraction of sp³-hybridized carbons (Fsp3) is 0.706. The Morgan fingerprint density at radius 3 is 2.74 bits per heavy atom. The SMILES string of the molecule is NC(=O)Cn1cc2c(n1)[C@H](NC(=O)CC1CCCCC1)CCC2. The van der Waals surface area contributed by atoms with Crippen molar-refractivity contribution in [2.24, 2.45) is 11.7 Å². The van der Waals surface area contributed by atoms with Gasteiger partial charge in [-0.3, -0.25) is 14.3 Å². The molecule has 3 N–H and O–H groups in total. The number of nitrogens with two attached hydrogens (primary N) is 1. The minimum Gasteiger partial charge on any atom is -0.368 e. The van der Waals surface area contributed by atoms with Crippen molar-refractivity contribution in [3.05, 3.63) is 17.5 Å². The molecule has 1 atom stereocenters. The number of fused-ring (bicyclic) bond motifs is 1. The van der Waals surface area contributed by atoms with Gasteiger partial charge in [0.15, 0.2) is 0 Å². The predicted octanol–water partition coefficient (Wildman–Crippen LogP) is 1.83. The highest BCUT2D eigenvalue weighted by molar-refractivity contribution is 5.76. The second kappa shape index (κ2) is 7.15. The highest BCUT2D eigenvalue weighted by atomic mass is 16.2. The maximum Gasteiger partial charge on any atom is 0.239 e. The van der Waals surface area contributed by atoms with Crippen LogP contribution in [0.25, 0.3) is 0 Å². The fourth-order valence-electron chi connectivity index (χ4n) is 3.88. The van der Waals surface area contributed by atoms with E-state index in [2.05, 4.69) is 10.4 Å². The maximum absolute atomic E-state index is 12.4. The Kier molecular flexibility index (Phi) is 4.98. The second-order valence-corrected chi connectivity index (χ2v) is 6.92. The summed E-state index contributed by atoms with van der Waals surface area (Å²) < 4.78 is 1.60. The van der Waals surface area contributed by atoms with Gasteiger partial charge in [-0.15, -0.1) is 0 Å². The molecule has 23 heavy (non-hydrogen) atoms. The molecule has 0 bridgehead atoms.